The third-order valence-electron chi connectivity index (χ3n) is 3.06. The lowest BCUT2D eigenvalue weighted by molar-refractivity contribution is -0.135. The van der Waals surface area contributed by atoms with Gasteiger partial charge >= 0.3 is 0 Å². The van der Waals surface area contributed by atoms with E-state index in [4.69, 9.17) is 4.74 Å². The quantitative estimate of drug-likeness (QED) is 0.639. The van der Waals surface area contributed by atoms with Crippen molar-refractivity contribution in [1.29, 1.82) is 0 Å². The number of carbonyl (C=O) groups excluding carboxylic acids is 2. The Morgan fingerprint density at radius 1 is 1.33 bits per heavy atom. The Labute approximate surface area is 108 Å². The summed E-state index contributed by atoms with van der Waals surface area (Å²) in [5, 5.41) is 3.00. The molecule has 6 nitrogen and oxygen atoms in total. The second-order valence-corrected chi connectivity index (χ2v) is 4.33. The second-order valence-electron chi connectivity index (χ2n) is 4.33. The Balaban J connectivity index is 2.10. The minimum Gasteiger partial charge on any atom is -0.378 e. The summed E-state index contributed by atoms with van der Waals surface area (Å²) in [6.07, 6.45) is 0.434. The van der Waals surface area contributed by atoms with Crippen LogP contribution in [0.25, 0.3) is 0 Å². The zero-order valence-corrected chi connectivity index (χ0v) is 11.3. The van der Waals surface area contributed by atoms with Crippen molar-refractivity contribution in [3.63, 3.8) is 0 Å². The maximum Gasteiger partial charge on any atom is 0.236 e. The van der Waals surface area contributed by atoms with Gasteiger partial charge in [0.2, 0.25) is 11.8 Å². The lowest BCUT2D eigenvalue weighted by Crippen LogP contribution is -2.42. The maximum atomic E-state index is 11.8. The molecule has 0 aromatic carbocycles. The smallest absolute Gasteiger partial charge is 0.236 e. The van der Waals surface area contributed by atoms with Crippen molar-refractivity contribution >= 4 is 11.8 Å². The fourth-order valence-corrected chi connectivity index (χ4v) is 1.67. The van der Waals surface area contributed by atoms with Crippen LogP contribution in [-0.4, -0.2) is 74.6 Å². The molecule has 0 bridgehead atoms. The summed E-state index contributed by atoms with van der Waals surface area (Å²) in [5.41, 5.74) is 0. The molecule has 1 aliphatic heterocycles. The van der Waals surface area contributed by atoms with Crippen molar-refractivity contribution in [3.05, 3.63) is 0 Å². The standard InChI is InChI=1S/C12H23N3O3/c1-3-14(2)12(17)10-13-5-4-11(16)15-6-8-18-9-7-15/h13H,3-10H2,1-2H3. The summed E-state index contributed by atoms with van der Waals surface area (Å²) in [4.78, 5) is 26.7. The average Bonchev–Trinajstić information content (AvgIpc) is 2.43. The van der Waals surface area contributed by atoms with Crippen molar-refractivity contribution in [1.82, 2.24) is 15.1 Å². The van der Waals surface area contributed by atoms with E-state index in [1.165, 1.54) is 0 Å². The first-order valence-corrected chi connectivity index (χ1v) is 6.45. The fourth-order valence-electron chi connectivity index (χ4n) is 1.67. The van der Waals surface area contributed by atoms with Gasteiger partial charge in [-0.15, -0.1) is 0 Å². The third-order valence-corrected chi connectivity index (χ3v) is 3.06. The summed E-state index contributed by atoms with van der Waals surface area (Å²) in [6, 6.07) is 0. The average molecular weight is 257 g/mol. The molecule has 0 unspecified atom stereocenters. The molecule has 0 aromatic heterocycles. The highest BCUT2D eigenvalue weighted by Gasteiger charge is 2.16. The van der Waals surface area contributed by atoms with Gasteiger partial charge < -0.3 is 19.9 Å². The highest BCUT2D eigenvalue weighted by molar-refractivity contribution is 5.78. The molecule has 0 atom stereocenters. The number of rotatable bonds is 6. The monoisotopic (exact) mass is 257 g/mol. The van der Waals surface area contributed by atoms with Gasteiger partial charge in [-0.05, 0) is 6.92 Å². The molecular weight excluding hydrogens is 234 g/mol. The first kappa shape index (κ1) is 14.9. The number of hydrogen-bond donors (Lipinski definition) is 1. The Morgan fingerprint density at radius 2 is 2.00 bits per heavy atom. The summed E-state index contributed by atoms with van der Waals surface area (Å²) in [5.74, 6) is 0.179. The maximum absolute atomic E-state index is 11.8. The van der Waals surface area contributed by atoms with Gasteiger partial charge in [-0.2, -0.15) is 0 Å². The van der Waals surface area contributed by atoms with E-state index in [1.807, 2.05) is 11.8 Å². The van der Waals surface area contributed by atoms with Gasteiger partial charge in [0.25, 0.3) is 0 Å². The Morgan fingerprint density at radius 3 is 2.61 bits per heavy atom. The lowest BCUT2D eigenvalue weighted by atomic mass is 10.3. The fraction of sp³-hybridized carbons (Fsp3) is 0.833. The number of morpholine rings is 1. The van der Waals surface area contributed by atoms with E-state index in [2.05, 4.69) is 5.32 Å². The van der Waals surface area contributed by atoms with Crippen molar-refractivity contribution < 1.29 is 14.3 Å². The molecule has 2 amide bonds. The first-order chi connectivity index (χ1) is 8.65. The van der Waals surface area contributed by atoms with Crippen molar-refractivity contribution in [3.8, 4) is 0 Å². The SMILES string of the molecule is CCN(C)C(=O)CNCCC(=O)N1CCOCC1. The van der Waals surface area contributed by atoms with E-state index in [9.17, 15) is 9.59 Å². The number of nitrogens with one attached hydrogen (secondary N) is 1. The van der Waals surface area contributed by atoms with Crippen molar-refractivity contribution in [2.24, 2.45) is 0 Å². The van der Waals surface area contributed by atoms with Gasteiger partial charge in [-0.25, -0.2) is 0 Å². The Bertz CT molecular complexity index is 278. The molecule has 6 heteroatoms. The number of hydrogen-bond acceptors (Lipinski definition) is 4. The van der Waals surface area contributed by atoms with E-state index >= 15 is 0 Å². The number of nitrogens with zero attached hydrogens (tertiary/aromatic N) is 2. The summed E-state index contributed by atoms with van der Waals surface area (Å²) in [6.45, 7) is 6.07. The Hall–Kier alpha value is -1.14. The van der Waals surface area contributed by atoms with E-state index in [1.54, 1.807) is 11.9 Å². The third kappa shape index (κ3) is 5.01. The van der Waals surface area contributed by atoms with Crippen LogP contribution in [0.1, 0.15) is 13.3 Å². The van der Waals surface area contributed by atoms with Crippen LogP contribution in [0.4, 0.5) is 0 Å². The van der Waals surface area contributed by atoms with E-state index < -0.39 is 0 Å². The topological polar surface area (TPSA) is 61.9 Å². The van der Waals surface area contributed by atoms with Gasteiger partial charge in [0.05, 0.1) is 19.8 Å². The highest BCUT2D eigenvalue weighted by Crippen LogP contribution is 1.99. The largest absolute Gasteiger partial charge is 0.378 e. The molecule has 1 rings (SSSR count). The lowest BCUT2D eigenvalue weighted by Gasteiger charge is -2.26. The highest BCUT2D eigenvalue weighted by atomic mass is 16.5. The van der Waals surface area contributed by atoms with E-state index in [-0.39, 0.29) is 11.8 Å². The molecule has 1 aliphatic rings. The van der Waals surface area contributed by atoms with Crippen LogP contribution in [0.2, 0.25) is 0 Å². The van der Waals surface area contributed by atoms with Crippen molar-refractivity contribution in [2.45, 2.75) is 13.3 Å². The molecule has 1 N–H and O–H groups in total. The molecule has 0 aromatic rings. The van der Waals surface area contributed by atoms with Gasteiger partial charge in [0, 0.05) is 39.6 Å². The molecule has 1 saturated heterocycles. The minimum absolute atomic E-state index is 0.0521. The molecule has 0 saturated carbocycles. The summed E-state index contributed by atoms with van der Waals surface area (Å²) >= 11 is 0. The molecule has 0 aliphatic carbocycles. The molecule has 104 valence electrons. The van der Waals surface area contributed by atoms with Gasteiger partial charge in [0.15, 0.2) is 0 Å². The summed E-state index contributed by atoms with van der Waals surface area (Å²) < 4.78 is 5.19. The molecule has 18 heavy (non-hydrogen) atoms. The molecule has 1 heterocycles. The van der Waals surface area contributed by atoms with Gasteiger partial charge in [0.1, 0.15) is 0 Å². The number of amides is 2. The number of likely N-dealkylation sites (N-methyl/N-ethyl adjacent to an activating group) is 1. The van der Waals surface area contributed by atoms with Gasteiger partial charge in [-0.1, -0.05) is 0 Å². The van der Waals surface area contributed by atoms with Crippen LogP contribution in [0.3, 0.4) is 0 Å². The normalized spacial score (nSPS) is 15.6. The van der Waals surface area contributed by atoms with Crippen LogP contribution < -0.4 is 5.32 Å². The zero-order chi connectivity index (χ0) is 13.4. The molecular formula is C12H23N3O3. The van der Waals surface area contributed by atoms with Crippen LogP contribution in [0.5, 0.6) is 0 Å². The van der Waals surface area contributed by atoms with Crippen LogP contribution in [-0.2, 0) is 14.3 Å². The van der Waals surface area contributed by atoms with Gasteiger partial charge in [-0.3, -0.25) is 9.59 Å². The summed E-state index contributed by atoms with van der Waals surface area (Å²) in [7, 11) is 1.77. The van der Waals surface area contributed by atoms with Crippen molar-refractivity contribution in [2.75, 3.05) is 53.0 Å². The predicted octanol–water partition coefficient (Wildman–Crippen LogP) is -0.697. The molecule has 0 radical (unpaired) electrons. The predicted molar refractivity (Wildman–Crippen MR) is 68.2 cm³/mol. The minimum atomic E-state index is 0.0521. The van der Waals surface area contributed by atoms with Crippen LogP contribution in [0, 0.1) is 0 Å². The second kappa shape index (κ2) is 8.05. The molecule has 1 fully saturated rings. The zero-order valence-electron chi connectivity index (χ0n) is 11.3. The van der Waals surface area contributed by atoms with E-state index in [0.717, 1.165) is 0 Å². The first-order valence-electron chi connectivity index (χ1n) is 6.45. The van der Waals surface area contributed by atoms with Crippen LogP contribution >= 0.6 is 0 Å². The molecule has 0 spiro atoms. The number of carbonyl (C=O) groups is 2. The van der Waals surface area contributed by atoms with E-state index in [0.29, 0.717) is 52.4 Å². The van der Waals surface area contributed by atoms with Crippen LogP contribution in [0.15, 0.2) is 0 Å². The number of ether oxygens (including phenoxy) is 1. The Kier molecular flexibility index (Phi) is 6.67.